The van der Waals surface area contributed by atoms with Crippen molar-refractivity contribution < 1.29 is 9.52 Å². The van der Waals surface area contributed by atoms with Gasteiger partial charge in [0.1, 0.15) is 5.58 Å². The molecular weight excluding hydrogens is 464 g/mol. The largest absolute Gasteiger partial charge is 0.504 e. The second-order valence-corrected chi connectivity index (χ2v) is 9.87. The number of rotatable bonds is 2. The van der Waals surface area contributed by atoms with E-state index in [2.05, 4.69) is 97.1 Å². The van der Waals surface area contributed by atoms with Crippen LogP contribution in [0, 0.1) is 0 Å². The van der Waals surface area contributed by atoms with E-state index in [1.807, 2.05) is 24.3 Å². The quantitative estimate of drug-likeness (QED) is 0.247. The molecule has 0 atom stereocenters. The van der Waals surface area contributed by atoms with E-state index < -0.39 is 0 Å². The first-order valence-electron chi connectivity index (χ1n) is 12.8. The molecule has 7 aromatic carbocycles. The second-order valence-electron chi connectivity index (χ2n) is 9.87. The SMILES string of the molecule is Oc1cccc2c1oc1c(-c3ccc(-c4cc5c6ccccc6ccc5c5ccccc45)cc3)cccc12. The molecule has 0 unspecified atom stereocenters. The van der Waals surface area contributed by atoms with Crippen molar-refractivity contribution in [3.63, 3.8) is 0 Å². The van der Waals surface area contributed by atoms with E-state index in [-0.39, 0.29) is 5.75 Å². The molecule has 0 fully saturated rings. The zero-order valence-electron chi connectivity index (χ0n) is 20.5. The lowest BCUT2D eigenvalue weighted by molar-refractivity contribution is 0.469. The normalized spacial score (nSPS) is 11.8. The Morgan fingerprint density at radius 3 is 1.82 bits per heavy atom. The van der Waals surface area contributed by atoms with Crippen molar-refractivity contribution in [3.05, 3.63) is 127 Å². The third-order valence-corrected chi connectivity index (χ3v) is 7.78. The van der Waals surface area contributed by atoms with Gasteiger partial charge in [-0.3, -0.25) is 0 Å². The summed E-state index contributed by atoms with van der Waals surface area (Å²) in [5.74, 6) is 0.163. The first-order chi connectivity index (χ1) is 18.8. The standard InChI is InChI=1S/C36H22O2/c37-34-14-6-13-31-30-12-5-11-26(35(30)38-36(31)34)23-15-17-24(18-16-23)32-21-33-25-8-2-1-7-22(25)19-20-29(33)27-9-3-4-10-28(27)32/h1-21,37H. The lowest BCUT2D eigenvalue weighted by Crippen LogP contribution is -1.87. The summed E-state index contributed by atoms with van der Waals surface area (Å²) in [4.78, 5) is 0. The van der Waals surface area contributed by atoms with Crippen LogP contribution in [0.3, 0.4) is 0 Å². The predicted molar refractivity (Wildman–Crippen MR) is 159 cm³/mol. The lowest BCUT2D eigenvalue weighted by atomic mass is 9.90. The molecular formula is C36H22O2. The Morgan fingerprint density at radius 1 is 0.395 bits per heavy atom. The van der Waals surface area contributed by atoms with Gasteiger partial charge in [0.25, 0.3) is 0 Å². The van der Waals surface area contributed by atoms with E-state index in [9.17, 15) is 5.11 Å². The summed E-state index contributed by atoms with van der Waals surface area (Å²) in [5, 5.41) is 19.8. The van der Waals surface area contributed by atoms with Crippen molar-refractivity contribution >= 4 is 54.3 Å². The van der Waals surface area contributed by atoms with Gasteiger partial charge in [-0.05, 0) is 61.1 Å². The van der Waals surface area contributed by atoms with Gasteiger partial charge in [0, 0.05) is 16.3 Å². The molecule has 0 amide bonds. The molecule has 1 N–H and O–H groups in total. The molecule has 1 heterocycles. The first kappa shape index (κ1) is 21.0. The van der Waals surface area contributed by atoms with Gasteiger partial charge in [-0.15, -0.1) is 0 Å². The van der Waals surface area contributed by atoms with Crippen molar-refractivity contribution in [2.75, 3.05) is 0 Å². The fraction of sp³-hybridized carbons (Fsp3) is 0. The van der Waals surface area contributed by atoms with Crippen molar-refractivity contribution in [3.8, 4) is 28.0 Å². The number of furan rings is 1. The highest BCUT2D eigenvalue weighted by Crippen LogP contribution is 2.41. The number of phenols is 1. The summed E-state index contributed by atoms with van der Waals surface area (Å²) >= 11 is 0. The smallest absolute Gasteiger partial charge is 0.177 e. The summed E-state index contributed by atoms with van der Waals surface area (Å²) in [7, 11) is 0. The zero-order valence-corrected chi connectivity index (χ0v) is 20.5. The fourth-order valence-corrected chi connectivity index (χ4v) is 5.96. The summed E-state index contributed by atoms with van der Waals surface area (Å²) in [5.41, 5.74) is 5.81. The highest BCUT2D eigenvalue weighted by atomic mass is 16.4. The van der Waals surface area contributed by atoms with Crippen LogP contribution in [-0.4, -0.2) is 5.11 Å². The Balaban J connectivity index is 1.33. The molecule has 0 aliphatic carbocycles. The van der Waals surface area contributed by atoms with Gasteiger partial charge in [0.15, 0.2) is 11.3 Å². The summed E-state index contributed by atoms with van der Waals surface area (Å²) in [6.07, 6.45) is 0. The molecule has 178 valence electrons. The van der Waals surface area contributed by atoms with Crippen LogP contribution in [0.15, 0.2) is 132 Å². The summed E-state index contributed by atoms with van der Waals surface area (Å²) < 4.78 is 6.18. The van der Waals surface area contributed by atoms with Crippen LogP contribution in [0.1, 0.15) is 0 Å². The molecule has 38 heavy (non-hydrogen) atoms. The molecule has 8 rings (SSSR count). The van der Waals surface area contributed by atoms with Crippen LogP contribution in [0.4, 0.5) is 0 Å². The number of hydrogen-bond acceptors (Lipinski definition) is 2. The molecule has 8 aromatic rings. The first-order valence-corrected chi connectivity index (χ1v) is 12.8. The second kappa shape index (κ2) is 7.96. The predicted octanol–water partition coefficient (Wildman–Crippen LogP) is 10.1. The molecule has 0 aliphatic heterocycles. The minimum absolute atomic E-state index is 0.163. The summed E-state index contributed by atoms with van der Waals surface area (Å²) in [6, 6.07) is 44.5. The third-order valence-electron chi connectivity index (χ3n) is 7.78. The highest BCUT2D eigenvalue weighted by molar-refractivity contribution is 6.21. The Kier molecular flexibility index (Phi) is 4.41. The Bertz CT molecular complexity index is 2180. The van der Waals surface area contributed by atoms with E-state index >= 15 is 0 Å². The van der Waals surface area contributed by atoms with Gasteiger partial charge in [-0.25, -0.2) is 0 Å². The molecule has 0 saturated heterocycles. The maximum absolute atomic E-state index is 10.3. The van der Waals surface area contributed by atoms with Gasteiger partial charge in [-0.2, -0.15) is 0 Å². The molecule has 0 bridgehead atoms. The third kappa shape index (κ3) is 3.01. The van der Waals surface area contributed by atoms with Crippen LogP contribution < -0.4 is 0 Å². The van der Waals surface area contributed by atoms with Gasteiger partial charge < -0.3 is 9.52 Å². The minimum atomic E-state index is 0.163. The number of benzene rings is 7. The van der Waals surface area contributed by atoms with Crippen LogP contribution in [0.25, 0.3) is 76.5 Å². The van der Waals surface area contributed by atoms with E-state index in [1.54, 1.807) is 6.07 Å². The number of para-hydroxylation sites is 2. The Labute approximate surface area is 219 Å². The monoisotopic (exact) mass is 486 g/mol. The van der Waals surface area contributed by atoms with E-state index in [4.69, 9.17) is 4.42 Å². The highest BCUT2D eigenvalue weighted by Gasteiger charge is 2.15. The number of aromatic hydroxyl groups is 1. The van der Waals surface area contributed by atoms with Crippen molar-refractivity contribution in [2.24, 2.45) is 0 Å². The van der Waals surface area contributed by atoms with E-state index in [0.29, 0.717) is 5.58 Å². The van der Waals surface area contributed by atoms with E-state index in [0.717, 1.165) is 27.5 Å². The average molecular weight is 487 g/mol. The van der Waals surface area contributed by atoms with Crippen LogP contribution in [0.2, 0.25) is 0 Å². The van der Waals surface area contributed by atoms with Gasteiger partial charge in [-0.1, -0.05) is 115 Å². The lowest BCUT2D eigenvalue weighted by Gasteiger charge is -2.13. The fourth-order valence-electron chi connectivity index (χ4n) is 5.96. The van der Waals surface area contributed by atoms with Crippen LogP contribution >= 0.6 is 0 Å². The van der Waals surface area contributed by atoms with Gasteiger partial charge >= 0.3 is 0 Å². The molecule has 2 nitrogen and oxygen atoms in total. The molecule has 0 spiro atoms. The van der Waals surface area contributed by atoms with Crippen molar-refractivity contribution in [1.82, 2.24) is 0 Å². The Morgan fingerprint density at radius 2 is 1.00 bits per heavy atom. The average Bonchev–Trinajstić information content (AvgIpc) is 3.37. The molecule has 0 radical (unpaired) electrons. The number of hydrogen-bond donors (Lipinski definition) is 1. The van der Waals surface area contributed by atoms with Crippen LogP contribution in [0.5, 0.6) is 5.75 Å². The molecule has 2 heteroatoms. The molecule has 0 saturated carbocycles. The number of phenolic OH excluding ortho intramolecular Hbond substituents is 1. The molecule has 1 aromatic heterocycles. The van der Waals surface area contributed by atoms with Crippen molar-refractivity contribution in [1.29, 1.82) is 0 Å². The zero-order chi connectivity index (χ0) is 25.2. The maximum atomic E-state index is 10.3. The minimum Gasteiger partial charge on any atom is -0.504 e. The van der Waals surface area contributed by atoms with Gasteiger partial charge in [0.05, 0.1) is 0 Å². The van der Waals surface area contributed by atoms with Crippen LogP contribution in [-0.2, 0) is 0 Å². The molecule has 0 aliphatic rings. The maximum Gasteiger partial charge on any atom is 0.177 e. The van der Waals surface area contributed by atoms with E-state index in [1.165, 1.54) is 43.4 Å². The Hall–Kier alpha value is -5.08. The van der Waals surface area contributed by atoms with Gasteiger partial charge in [0.2, 0.25) is 0 Å². The topological polar surface area (TPSA) is 33.4 Å². The van der Waals surface area contributed by atoms with Crippen molar-refractivity contribution in [2.45, 2.75) is 0 Å². The number of fused-ring (bicyclic) bond motifs is 8. The summed E-state index contributed by atoms with van der Waals surface area (Å²) in [6.45, 7) is 0.